The van der Waals surface area contributed by atoms with E-state index < -0.39 is 23.8 Å². The van der Waals surface area contributed by atoms with Crippen LogP contribution in [0.3, 0.4) is 0 Å². The van der Waals surface area contributed by atoms with Gasteiger partial charge in [-0.2, -0.15) is 0 Å². The van der Waals surface area contributed by atoms with Crippen molar-refractivity contribution in [2.45, 2.75) is 124 Å². The Morgan fingerprint density at radius 2 is 1.42 bits per heavy atom. The topological polar surface area (TPSA) is 87.7 Å². The van der Waals surface area contributed by atoms with Crippen LogP contribution in [0.15, 0.2) is 48.5 Å². The minimum absolute atomic E-state index is 0.194. The van der Waals surface area contributed by atoms with Crippen molar-refractivity contribution in [2.24, 2.45) is 0 Å². The maximum atomic E-state index is 14.7. The van der Waals surface area contributed by atoms with Gasteiger partial charge in [0.25, 0.3) is 0 Å². The first-order valence-electron chi connectivity index (χ1n) is 16.2. The number of rotatable bonds is 17. The molecule has 0 aliphatic carbocycles. The van der Waals surface area contributed by atoms with E-state index in [2.05, 4.69) is 24.5 Å². The number of carbonyl (C=O) groups excluding carboxylic acids is 3. The fourth-order valence-corrected chi connectivity index (χ4v) is 5.30. The minimum atomic E-state index is -0.910. The number of ether oxygens (including phenoxy) is 1. The van der Waals surface area contributed by atoms with Crippen LogP contribution in [0, 0.1) is 13.8 Å². The summed E-state index contributed by atoms with van der Waals surface area (Å²) in [7, 11) is 0. The highest BCUT2D eigenvalue weighted by Crippen LogP contribution is 2.29. The number of nitrogens with one attached hydrogen (secondary N) is 2. The number of hydrogen-bond donors (Lipinski definition) is 2. The predicted molar refractivity (Wildman–Crippen MR) is 175 cm³/mol. The molecular weight excluding hydrogens is 538 g/mol. The van der Waals surface area contributed by atoms with Crippen LogP contribution in [0.4, 0.5) is 4.79 Å². The maximum absolute atomic E-state index is 14.7. The molecule has 2 aromatic rings. The molecule has 7 heteroatoms. The first-order chi connectivity index (χ1) is 20.5. The van der Waals surface area contributed by atoms with Gasteiger partial charge in [0.2, 0.25) is 11.8 Å². The molecule has 0 saturated carbocycles. The molecule has 0 bridgehead atoms. The number of carbonyl (C=O) groups is 3. The van der Waals surface area contributed by atoms with Crippen molar-refractivity contribution in [3.05, 3.63) is 70.8 Å². The number of nitrogens with zero attached hydrogens (tertiary/aromatic N) is 1. The molecule has 7 nitrogen and oxygen atoms in total. The van der Waals surface area contributed by atoms with E-state index in [1.807, 2.05) is 62.4 Å². The summed E-state index contributed by atoms with van der Waals surface area (Å²) in [5, 5.41) is 5.97. The van der Waals surface area contributed by atoms with E-state index in [0.717, 1.165) is 67.2 Å². The highest BCUT2D eigenvalue weighted by Gasteiger charge is 2.37. The van der Waals surface area contributed by atoms with Crippen molar-refractivity contribution in [1.82, 2.24) is 15.5 Å². The Morgan fingerprint density at radius 3 is 2.02 bits per heavy atom. The molecule has 0 fully saturated rings. The van der Waals surface area contributed by atoms with E-state index in [-0.39, 0.29) is 18.2 Å². The summed E-state index contributed by atoms with van der Waals surface area (Å²) in [5.74, 6) is -0.484. The Bertz CT molecular complexity index is 1120. The van der Waals surface area contributed by atoms with Crippen LogP contribution in [0.1, 0.15) is 114 Å². The molecular formula is C36H55N3O4. The molecule has 0 spiro atoms. The summed E-state index contributed by atoms with van der Waals surface area (Å²) >= 11 is 0. The highest BCUT2D eigenvalue weighted by molar-refractivity contribution is 5.92. The van der Waals surface area contributed by atoms with Gasteiger partial charge in [0.15, 0.2) is 0 Å². The molecule has 0 heterocycles. The number of hydrogen-bond acceptors (Lipinski definition) is 4. The average Bonchev–Trinajstić information content (AvgIpc) is 2.94. The lowest BCUT2D eigenvalue weighted by atomic mass is 9.93. The third-order valence-electron chi connectivity index (χ3n) is 7.51. The Hall–Kier alpha value is -3.35. The van der Waals surface area contributed by atoms with Gasteiger partial charge in [-0.3, -0.25) is 9.59 Å². The van der Waals surface area contributed by atoms with Gasteiger partial charge in [-0.1, -0.05) is 101 Å². The van der Waals surface area contributed by atoms with Crippen molar-refractivity contribution in [3.63, 3.8) is 0 Å². The second-order valence-electron chi connectivity index (χ2n) is 12.5. The molecule has 0 aliphatic rings. The van der Waals surface area contributed by atoms with E-state index in [0.29, 0.717) is 13.1 Å². The van der Waals surface area contributed by atoms with Crippen LogP contribution in [0.25, 0.3) is 0 Å². The molecule has 2 unspecified atom stereocenters. The zero-order chi connectivity index (χ0) is 31.8. The first-order valence-corrected chi connectivity index (χ1v) is 16.2. The van der Waals surface area contributed by atoms with Crippen molar-refractivity contribution in [2.75, 3.05) is 13.1 Å². The average molecular weight is 594 g/mol. The van der Waals surface area contributed by atoms with Crippen LogP contribution in [-0.4, -0.2) is 47.5 Å². The maximum Gasteiger partial charge on any atom is 0.408 e. The van der Waals surface area contributed by atoms with E-state index in [1.165, 1.54) is 6.42 Å². The quantitative estimate of drug-likeness (QED) is 0.185. The Labute approximate surface area is 260 Å². The molecule has 238 valence electrons. The second-order valence-corrected chi connectivity index (χ2v) is 12.5. The SMILES string of the molecule is CCCCCCCCN(C(=O)C(Cc1ccccc1)NC(=O)OC(C)(C)C)C(C(=O)NCCCC)c1c(C)cccc1C. The summed E-state index contributed by atoms with van der Waals surface area (Å²) in [5.41, 5.74) is 2.94. The Kier molecular flexibility index (Phi) is 15.3. The smallest absolute Gasteiger partial charge is 0.408 e. The van der Waals surface area contributed by atoms with Crippen LogP contribution in [-0.2, 0) is 20.7 Å². The second kappa shape index (κ2) is 18.3. The fourth-order valence-electron chi connectivity index (χ4n) is 5.30. The summed E-state index contributed by atoms with van der Waals surface area (Å²) in [6.45, 7) is 14.6. The van der Waals surface area contributed by atoms with Gasteiger partial charge in [-0.25, -0.2) is 4.79 Å². The molecule has 0 saturated heterocycles. The number of benzene rings is 2. The number of aryl methyl sites for hydroxylation is 2. The van der Waals surface area contributed by atoms with Gasteiger partial charge in [-0.15, -0.1) is 0 Å². The largest absolute Gasteiger partial charge is 0.444 e. The van der Waals surface area contributed by atoms with Crippen molar-refractivity contribution in [1.29, 1.82) is 0 Å². The van der Waals surface area contributed by atoms with Gasteiger partial charge >= 0.3 is 6.09 Å². The lowest BCUT2D eigenvalue weighted by molar-refractivity contribution is -0.142. The predicted octanol–water partition coefficient (Wildman–Crippen LogP) is 7.59. The molecule has 2 N–H and O–H groups in total. The van der Waals surface area contributed by atoms with Crippen LogP contribution >= 0.6 is 0 Å². The summed E-state index contributed by atoms with van der Waals surface area (Å²) in [4.78, 5) is 43.4. The third kappa shape index (κ3) is 12.4. The molecule has 0 radical (unpaired) electrons. The lowest BCUT2D eigenvalue weighted by Crippen LogP contribution is -2.54. The standard InChI is InChI=1S/C36H55N3O4/c1-8-10-12-13-14-18-25-39(32(33(40)37-24-11-9-2)31-27(3)20-19-21-28(31)4)34(41)30(26-29-22-16-15-17-23-29)38-35(42)43-36(5,6)7/h15-17,19-23,30,32H,8-14,18,24-26H2,1-7H3,(H,37,40)(H,38,42). The minimum Gasteiger partial charge on any atom is -0.444 e. The summed E-state index contributed by atoms with van der Waals surface area (Å²) in [6.07, 6.45) is 7.74. The normalized spacial score (nSPS) is 12.7. The molecule has 3 amide bonds. The van der Waals surface area contributed by atoms with E-state index in [1.54, 1.807) is 25.7 Å². The monoisotopic (exact) mass is 593 g/mol. The highest BCUT2D eigenvalue weighted by atomic mass is 16.6. The van der Waals surface area contributed by atoms with Crippen molar-refractivity contribution < 1.29 is 19.1 Å². The lowest BCUT2D eigenvalue weighted by Gasteiger charge is -2.36. The van der Waals surface area contributed by atoms with E-state index >= 15 is 0 Å². The summed E-state index contributed by atoms with van der Waals surface area (Å²) in [6, 6.07) is 13.9. The van der Waals surface area contributed by atoms with Gasteiger partial charge in [0.1, 0.15) is 17.7 Å². The molecule has 43 heavy (non-hydrogen) atoms. The molecule has 2 rings (SSSR count). The van der Waals surface area contributed by atoms with Crippen molar-refractivity contribution in [3.8, 4) is 0 Å². The number of unbranched alkanes of at least 4 members (excludes halogenated alkanes) is 6. The fraction of sp³-hybridized carbons (Fsp3) is 0.583. The van der Waals surface area contributed by atoms with E-state index in [9.17, 15) is 14.4 Å². The van der Waals surface area contributed by atoms with Gasteiger partial charge in [0.05, 0.1) is 0 Å². The van der Waals surface area contributed by atoms with Crippen molar-refractivity contribution >= 4 is 17.9 Å². The van der Waals surface area contributed by atoms with Gasteiger partial charge < -0.3 is 20.3 Å². The van der Waals surface area contributed by atoms with Gasteiger partial charge in [0, 0.05) is 19.5 Å². The third-order valence-corrected chi connectivity index (χ3v) is 7.51. The van der Waals surface area contributed by atoms with Crippen LogP contribution in [0.2, 0.25) is 0 Å². The first kappa shape index (κ1) is 35.8. The zero-order valence-corrected chi connectivity index (χ0v) is 27.6. The number of amides is 3. The van der Waals surface area contributed by atoms with Crippen LogP contribution < -0.4 is 10.6 Å². The number of alkyl carbamates (subject to hydrolysis) is 1. The molecule has 2 atom stereocenters. The molecule has 0 aromatic heterocycles. The van der Waals surface area contributed by atoms with Crippen LogP contribution in [0.5, 0.6) is 0 Å². The van der Waals surface area contributed by atoms with E-state index in [4.69, 9.17) is 4.74 Å². The molecule has 0 aliphatic heterocycles. The molecule has 2 aromatic carbocycles. The summed E-state index contributed by atoms with van der Waals surface area (Å²) < 4.78 is 5.57. The Morgan fingerprint density at radius 1 is 0.814 bits per heavy atom. The van der Waals surface area contributed by atoms with Gasteiger partial charge in [-0.05, 0) is 69.7 Å². The zero-order valence-electron chi connectivity index (χ0n) is 27.6. The Balaban J connectivity index is 2.56.